The maximum Gasteiger partial charge on any atom is 0.246 e. The van der Waals surface area contributed by atoms with Gasteiger partial charge in [-0.15, -0.1) is 11.3 Å². The number of hydrogen-bond acceptors (Lipinski definition) is 4. The predicted octanol–water partition coefficient (Wildman–Crippen LogP) is 3.73. The molecular weight excluding hydrogens is 378 g/mol. The Bertz CT molecular complexity index is 901. The second-order valence-corrected chi connectivity index (χ2v) is 9.83. The molecule has 1 amide bonds. The lowest BCUT2D eigenvalue weighted by molar-refractivity contribution is -0.126. The Hall–Kier alpha value is -1.63. The molecule has 0 aliphatic carbocycles. The second-order valence-electron chi connectivity index (χ2n) is 6.05. The summed E-state index contributed by atoms with van der Waals surface area (Å²) in [6.45, 7) is 0. The van der Waals surface area contributed by atoms with Crippen LogP contribution in [0.5, 0.6) is 0 Å². The predicted molar refractivity (Wildman–Crippen MR) is 104 cm³/mol. The van der Waals surface area contributed by atoms with Crippen LogP contribution in [-0.4, -0.2) is 43.8 Å². The molecule has 1 aromatic heterocycles. The smallest absolute Gasteiger partial charge is 0.246 e. The lowest BCUT2D eigenvalue weighted by Crippen LogP contribution is -2.36. The average Bonchev–Trinajstić information content (AvgIpc) is 3.19. The van der Waals surface area contributed by atoms with E-state index in [0.717, 1.165) is 15.3 Å². The van der Waals surface area contributed by atoms with E-state index >= 15 is 0 Å². The van der Waals surface area contributed by atoms with Gasteiger partial charge in [-0.25, -0.2) is 8.42 Å². The Kier molecular flexibility index (Phi) is 5.32. The first-order valence-electron chi connectivity index (χ1n) is 7.85. The number of nitrogens with zero attached hydrogens (tertiary/aromatic N) is 1. The minimum atomic E-state index is -3.00. The zero-order chi connectivity index (χ0) is 18.0. The van der Waals surface area contributed by atoms with Crippen LogP contribution in [0.1, 0.15) is 11.3 Å². The summed E-state index contributed by atoms with van der Waals surface area (Å²) in [4.78, 5) is 15.8. The van der Waals surface area contributed by atoms with Gasteiger partial charge >= 0.3 is 0 Å². The van der Waals surface area contributed by atoms with Crippen molar-refractivity contribution in [3.63, 3.8) is 0 Å². The molecule has 1 aliphatic heterocycles. The molecule has 0 spiro atoms. The Morgan fingerprint density at radius 1 is 1.24 bits per heavy atom. The number of likely N-dealkylation sites (N-methyl/N-ethyl adjacent to an activating group) is 1. The van der Waals surface area contributed by atoms with Crippen molar-refractivity contribution >= 4 is 44.8 Å². The number of amides is 1. The molecule has 1 unspecified atom stereocenters. The van der Waals surface area contributed by atoms with Crippen LogP contribution in [0, 0.1) is 0 Å². The first-order chi connectivity index (χ1) is 11.8. The Morgan fingerprint density at radius 2 is 1.96 bits per heavy atom. The van der Waals surface area contributed by atoms with Gasteiger partial charge in [0.1, 0.15) is 0 Å². The SMILES string of the molecule is CN(C(=O)C=Cc1ccc(-c2ccc(Cl)cc2)s1)C1CCS(=O)(=O)C1. The molecule has 1 fully saturated rings. The van der Waals surface area contributed by atoms with Crippen molar-refractivity contribution in [2.45, 2.75) is 12.5 Å². The highest BCUT2D eigenvalue weighted by Crippen LogP contribution is 2.29. The van der Waals surface area contributed by atoms with Crippen molar-refractivity contribution in [3.05, 3.63) is 52.4 Å². The summed E-state index contributed by atoms with van der Waals surface area (Å²) in [7, 11) is -1.34. The molecule has 2 heterocycles. The van der Waals surface area contributed by atoms with Crippen molar-refractivity contribution in [2.24, 2.45) is 0 Å². The van der Waals surface area contributed by atoms with Gasteiger partial charge in [-0.05, 0) is 42.3 Å². The largest absolute Gasteiger partial charge is 0.338 e. The molecule has 7 heteroatoms. The number of carbonyl (C=O) groups is 1. The van der Waals surface area contributed by atoms with E-state index in [1.54, 1.807) is 24.5 Å². The molecule has 0 N–H and O–H groups in total. The van der Waals surface area contributed by atoms with Crippen molar-refractivity contribution in [1.82, 2.24) is 4.90 Å². The van der Waals surface area contributed by atoms with Gasteiger partial charge in [-0.3, -0.25) is 4.79 Å². The van der Waals surface area contributed by atoms with Crippen LogP contribution in [0.2, 0.25) is 5.02 Å². The summed E-state index contributed by atoms with van der Waals surface area (Å²) >= 11 is 7.48. The van der Waals surface area contributed by atoms with Crippen molar-refractivity contribution in [2.75, 3.05) is 18.6 Å². The Balaban J connectivity index is 1.66. The normalized spacial score (nSPS) is 19.4. The fourth-order valence-corrected chi connectivity index (χ4v) is 5.56. The van der Waals surface area contributed by atoms with Crippen LogP contribution in [0.15, 0.2) is 42.5 Å². The molecule has 132 valence electrons. The molecule has 4 nitrogen and oxygen atoms in total. The maximum absolute atomic E-state index is 12.3. The molecule has 1 atom stereocenters. The minimum absolute atomic E-state index is 0.0583. The zero-order valence-corrected chi connectivity index (χ0v) is 16.1. The van der Waals surface area contributed by atoms with Crippen molar-refractivity contribution in [3.8, 4) is 10.4 Å². The van der Waals surface area contributed by atoms with E-state index in [-0.39, 0.29) is 23.5 Å². The van der Waals surface area contributed by atoms with Crippen LogP contribution in [0.25, 0.3) is 16.5 Å². The number of halogens is 1. The lowest BCUT2D eigenvalue weighted by Gasteiger charge is -2.21. The van der Waals surface area contributed by atoms with E-state index in [4.69, 9.17) is 11.6 Å². The number of hydrogen-bond donors (Lipinski definition) is 0. The third kappa shape index (κ3) is 4.51. The van der Waals surface area contributed by atoms with Crippen LogP contribution in [-0.2, 0) is 14.6 Å². The number of rotatable bonds is 4. The first-order valence-corrected chi connectivity index (χ1v) is 10.9. The van der Waals surface area contributed by atoms with Crippen LogP contribution >= 0.6 is 22.9 Å². The van der Waals surface area contributed by atoms with E-state index in [1.807, 2.05) is 36.4 Å². The van der Waals surface area contributed by atoms with Crippen molar-refractivity contribution < 1.29 is 13.2 Å². The molecule has 2 aromatic rings. The van der Waals surface area contributed by atoms with Gasteiger partial charge < -0.3 is 4.90 Å². The van der Waals surface area contributed by atoms with E-state index in [2.05, 4.69) is 0 Å². The Labute approximate surface area is 156 Å². The third-order valence-electron chi connectivity index (χ3n) is 4.25. The molecule has 0 bridgehead atoms. The number of sulfone groups is 1. The number of benzene rings is 1. The number of thiophene rings is 1. The summed E-state index contributed by atoms with van der Waals surface area (Å²) in [6.07, 6.45) is 3.78. The summed E-state index contributed by atoms with van der Waals surface area (Å²) in [5.74, 6) is 0.0421. The lowest BCUT2D eigenvalue weighted by atomic mass is 10.2. The molecule has 1 saturated heterocycles. The van der Waals surface area contributed by atoms with Gasteiger partial charge in [0, 0.05) is 33.9 Å². The summed E-state index contributed by atoms with van der Waals surface area (Å²) < 4.78 is 23.1. The highest BCUT2D eigenvalue weighted by Gasteiger charge is 2.32. The molecule has 3 rings (SSSR count). The third-order valence-corrected chi connectivity index (χ3v) is 7.35. The molecule has 1 aliphatic rings. The second kappa shape index (κ2) is 7.32. The standard InChI is InChI=1S/C18H18ClNO3S2/c1-20(15-10-11-25(22,23)12-15)18(21)9-7-16-6-8-17(24-16)13-2-4-14(19)5-3-13/h2-9,15H,10-12H2,1H3. The fourth-order valence-electron chi connectivity index (χ4n) is 2.74. The summed E-state index contributed by atoms with van der Waals surface area (Å²) in [5, 5.41) is 0.697. The van der Waals surface area contributed by atoms with Gasteiger partial charge in [-0.1, -0.05) is 23.7 Å². The van der Waals surface area contributed by atoms with Crippen LogP contribution in [0.3, 0.4) is 0 Å². The molecule has 1 aromatic carbocycles. The fraction of sp³-hybridized carbons (Fsp3) is 0.278. The van der Waals surface area contributed by atoms with Gasteiger partial charge in [0.25, 0.3) is 0 Å². The monoisotopic (exact) mass is 395 g/mol. The van der Waals surface area contributed by atoms with Gasteiger partial charge in [0.15, 0.2) is 9.84 Å². The van der Waals surface area contributed by atoms with Crippen LogP contribution < -0.4 is 0 Å². The van der Waals surface area contributed by atoms with Crippen molar-refractivity contribution in [1.29, 1.82) is 0 Å². The van der Waals surface area contributed by atoms with Gasteiger partial charge in [0.2, 0.25) is 5.91 Å². The molecule has 25 heavy (non-hydrogen) atoms. The average molecular weight is 396 g/mol. The summed E-state index contributed by atoms with van der Waals surface area (Å²) in [6, 6.07) is 11.3. The topological polar surface area (TPSA) is 54.5 Å². The van der Waals surface area contributed by atoms with Gasteiger partial charge in [-0.2, -0.15) is 0 Å². The van der Waals surface area contributed by atoms with E-state index in [9.17, 15) is 13.2 Å². The maximum atomic E-state index is 12.3. The summed E-state index contributed by atoms with van der Waals surface area (Å²) in [5.41, 5.74) is 1.08. The van der Waals surface area contributed by atoms with Crippen LogP contribution in [0.4, 0.5) is 0 Å². The minimum Gasteiger partial charge on any atom is -0.338 e. The highest BCUT2D eigenvalue weighted by molar-refractivity contribution is 7.91. The molecular formula is C18H18ClNO3S2. The van der Waals surface area contributed by atoms with E-state index in [1.165, 1.54) is 11.0 Å². The quantitative estimate of drug-likeness (QED) is 0.741. The van der Waals surface area contributed by atoms with E-state index in [0.29, 0.717) is 11.4 Å². The zero-order valence-electron chi connectivity index (χ0n) is 13.7. The van der Waals surface area contributed by atoms with Gasteiger partial charge in [0.05, 0.1) is 11.5 Å². The first kappa shape index (κ1) is 18.2. The highest BCUT2D eigenvalue weighted by atomic mass is 35.5. The molecule has 0 saturated carbocycles. The van der Waals surface area contributed by atoms with E-state index < -0.39 is 9.84 Å². The number of carbonyl (C=O) groups excluding carboxylic acids is 1. The Morgan fingerprint density at radius 3 is 2.60 bits per heavy atom. The molecule has 0 radical (unpaired) electrons.